The Morgan fingerprint density at radius 3 is 2.89 bits per heavy atom. The first-order valence-electron chi connectivity index (χ1n) is 6.44. The lowest BCUT2D eigenvalue weighted by molar-refractivity contribution is 0.0499. The van der Waals surface area contributed by atoms with Gasteiger partial charge >= 0.3 is 5.97 Å². The topological polar surface area (TPSA) is 75.8 Å². The van der Waals surface area contributed by atoms with E-state index in [0.29, 0.717) is 11.6 Å². The molecule has 2 rings (SSSR count). The van der Waals surface area contributed by atoms with Crippen molar-refractivity contribution in [1.29, 1.82) is 0 Å². The molecule has 1 heterocycles. The van der Waals surface area contributed by atoms with E-state index in [1.165, 1.54) is 6.07 Å². The van der Waals surface area contributed by atoms with Crippen LogP contribution in [0.25, 0.3) is 0 Å². The van der Waals surface area contributed by atoms with Crippen LogP contribution in [0.2, 0.25) is 0 Å². The highest BCUT2D eigenvalue weighted by Gasteiger charge is 2.27. The summed E-state index contributed by atoms with van der Waals surface area (Å²) in [6.45, 7) is 3.78. The van der Waals surface area contributed by atoms with E-state index in [0.717, 1.165) is 25.2 Å². The van der Waals surface area contributed by atoms with Gasteiger partial charge in [-0.3, -0.25) is 0 Å². The molecule has 1 saturated heterocycles. The van der Waals surface area contributed by atoms with Crippen LogP contribution in [-0.2, 0) is 4.74 Å². The van der Waals surface area contributed by atoms with Gasteiger partial charge in [-0.2, -0.15) is 0 Å². The smallest absolute Gasteiger partial charge is 0.337 e. The van der Waals surface area contributed by atoms with Crippen LogP contribution >= 0.6 is 0 Å². The van der Waals surface area contributed by atoms with Crippen LogP contribution in [0.5, 0.6) is 0 Å². The summed E-state index contributed by atoms with van der Waals surface area (Å²) in [6, 6.07) is 5.13. The van der Waals surface area contributed by atoms with Crippen LogP contribution in [0.15, 0.2) is 18.2 Å². The number of hydrogen-bond donors (Lipinski definition) is 2. The standard InChI is InChI=1S/C14H20N2O3/c1-9-6-7-16(8-12(9)19-2)11-5-3-4-10(13(11)15)14(17)18/h3-5,9,12H,6-8,15H2,1-2H3,(H,17,18). The first-order valence-corrected chi connectivity index (χ1v) is 6.44. The number of hydrogen-bond acceptors (Lipinski definition) is 4. The number of carbonyl (C=O) groups is 1. The zero-order valence-electron chi connectivity index (χ0n) is 11.3. The van der Waals surface area contributed by atoms with Crippen molar-refractivity contribution in [3.63, 3.8) is 0 Å². The maximum Gasteiger partial charge on any atom is 0.337 e. The predicted octanol–water partition coefficient (Wildman–Crippen LogP) is 1.83. The van der Waals surface area contributed by atoms with E-state index in [4.69, 9.17) is 15.6 Å². The number of piperidine rings is 1. The highest BCUT2D eigenvalue weighted by Crippen LogP contribution is 2.31. The Hall–Kier alpha value is -1.75. The third kappa shape index (κ3) is 2.66. The molecule has 0 aromatic heterocycles. The molecule has 19 heavy (non-hydrogen) atoms. The van der Waals surface area contributed by atoms with Crippen molar-refractivity contribution in [3.8, 4) is 0 Å². The average molecular weight is 264 g/mol. The number of benzene rings is 1. The monoisotopic (exact) mass is 264 g/mol. The first-order chi connectivity index (χ1) is 9.04. The fraction of sp³-hybridized carbons (Fsp3) is 0.500. The molecule has 3 N–H and O–H groups in total. The number of carboxylic acids is 1. The number of nitrogens with zero attached hydrogens (tertiary/aromatic N) is 1. The van der Waals surface area contributed by atoms with Crippen molar-refractivity contribution >= 4 is 17.3 Å². The maximum absolute atomic E-state index is 11.1. The Morgan fingerprint density at radius 1 is 1.53 bits per heavy atom. The SMILES string of the molecule is COC1CN(c2cccc(C(=O)O)c2N)CCC1C. The quantitative estimate of drug-likeness (QED) is 0.815. The van der Waals surface area contributed by atoms with Crippen molar-refractivity contribution < 1.29 is 14.6 Å². The van der Waals surface area contributed by atoms with E-state index in [1.54, 1.807) is 13.2 Å². The zero-order valence-corrected chi connectivity index (χ0v) is 11.3. The van der Waals surface area contributed by atoms with Gasteiger partial charge in [0.15, 0.2) is 0 Å². The lowest BCUT2D eigenvalue weighted by Crippen LogP contribution is -2.44. The molecule has 1 aromatic carbocycles. The normalized spacial score (nSPS) is 23.4. The van der Waals surface area contributed by atoms with E-state index in [9.17, 15) is 4.79 Å². The van der Waals surface area contributed by atoms with Gasteiger partial charge in [0, 0.05) is 20.2 Å². The van der Waals surface area contributed by atoms with Crippen molar-refractivity contribution in [3.05, 3.63) is 23.8 Å². The van der Waals surface area contributed by atoms with Gasteiger partial charge in [-0.25, -0.2) is 4.79 Å². The first kappa shape index (κ1) is 13.7. The fourth-order valence-corrected chi connectivity index (χ4v) is 2.57. The molecule has 104 valence electrons. The maximum atomic E-state index is 11.1. The van der Waals surface area contributed by atoms with Gasteiger partial charge < -0.3 is 20.5 Å². The van der Waals surface area contributed by atoms with Crippen molar-refractivity contribution in [1.82, 2.24) is 0 Å². The van der Waals surface area contributed by atoms with E-state index >= 15 is 0 Å². The molecule has 1 aliphatic rings. The number of aromatic carboxylic acids is 1. The second kappa shape index (κ2) is 5.48. The summed E-state index contributed by atoms with van der Waals surface area (Å²) in [5, 5.41) is 9.11. The second-order valence-corrected chi connectivity index (χ2v) is 5.03. The summed E-state index contributed by atoms with van der Waals surface area (Å²) in [7, 11) is 1.71. The number of ether oxygens (including phenoxy) is 1. The van der Waals surface area contributed by atoms with Gasteiger partial charge in [0.1, 0.15) is 0 Å². The third-order valence-corrected chi connectivity index (χ3v) is 3.85. The van der Waals surface area contributed by atoms with Gasteiger partial charge in [-0.1, -0.05) is 13.0 Å². The van der Waals surface area contributed by atoms with Gasteiger partial charge in [0.05, 0.1) is 23.0 Å². The molecule has 0 spiro atoms. The molecular formula is C14H20N2O3. The van der Waals surface area contributed by atoms with E-state index in [-0.39, 0.29) is 11.7 Å². The largest absolute Gasteiger partial charge is 0.478 e. The number of rotatable bonds is 3. The Morgan fingerprint density at radius 2 is 2.26 bits per heavy atom. The van der Waals surface area contributed by atoms with Crippen LogP contribution in [-0.4, -0.2) is 37.4 Å². The van der Waals surface area contributed by atoms with E-state index in [2.05, 4.69) is 11.8 Å². The highest BCUT2D eigenvalue weighted by molar-refractivity contribution is 5.97. The number of para-hydroxylation sites is 1. The summed E-state index contributed by atoms with van der Waals surface area (Å²) in [4.78, 5) is 13.2. The summed E-state index contributed by atoms with van der Waals surface area (Å²) in [5.41, 5.74) is 7.25. The van der Waals surface area contributed by atoms with Gasteiger partial charge in [0.25, 0.3) is 0 Å². The summed E-state index contributed by atoms with van der Waals surface area (Å²) in [6.07, 6.45) is 1.16. The van der Waals surface area contributed by atoms with Crippen LogP contribution in [0, 0.1) is 5.92 Å². The van der Waals surface area contributed by atoms with Crippen molar-refractivity contribution in [2.45, 2.75) is 19.4 Å². The zero-order chi connectivity index (χ0) is 14.0. The molecule has 1 aromatic rings. The number of methoxy groups -OCH3 is 1. The number of anilines is 2. The highest BCUT2D eigenvalue weighted by atomic mass is 16.5. The molecule has 0 radical (unpaired) electrons. The summed E-state index contributed by atoms with van der Waals surface area (Å²) < 4.78 is 5.47. The molecule has 5 nitrogen and oxygen atoms in total. The number of carboxylic acid groups (broad SMARTS) is 1. The second-order valence-electron chi connectivity index (χ2n) is 5.03. The summed E-state index contributed by atoms with van der Waals surface area (Å²) >= 11 is 0. The molecule has 0 saturated carbocycles. The minimum absolute atomic E-state index is 0.154. The fourth-order valence-electron chi connectivity index (χ4n) is 2.57. The summed E-state index contributed by atoms with van der Waals surface area (Å²) in [5.74, 6) is -0.488. The Balaban J connectivity index is 2.27. The molecule has 5 heteroatoms. The minimum Gasteiger partial charge on any atom is -0.478 e. The van der Waals surface area contributed by atoms with Crippen LogP contribution in [0.4, 0.5) is 11.4 Å². The molecule has 0 aliphatic carbocycles. The molecule has 2 unspecified atom stereocenters. The van der Waals surface area contributed by atoms with Gasteiger partial charge in [-0.15, -0.1) is 0 Å². The third-order valence-electron chi connectivity index (χ3n) is 3.85. The average Bonchev–Trinajstić information content (AvgIpc) is 2.39. The Bertz CT molecular complexity index is 476. The lowest BCUT2D eigenvalue weighted by atomic mass is 9.95. The predicted molar refractivity (Wildman–Crippen MR) is 74.6 cm³/mol. The number of nitrogen functional groups attached to an aromatic ring is 1. The molecular weight excluding hydrogens is 244 g/mol. The van der Waals surface area contributed by atoms with Gasteiger partial charge in [0.2, 0.25) is 0 Å². The Labute approximate surface area is 113 Å². The molecule has 2 atom stereocenters. The lowest BCUT2D eigenvalue weighted by Gasteiger charge is -2.38. The van der Waals surface area contributed by atoms with Crippen LogP contribution in [0.1, 0.15) is 23.7 Å². The molecule has 0 bridgehead atoms. The molecule has 1 aliphatic heterocycles. The van der Waals surface area contributed by atoms with E-state index < -0.39 is 5.97 Å². The van der Waals surface area contributed by atoms with Gasteiger partial charge in [-0.05, 0) is 24.5 Å². The van der Waals surface area contributed by atoms with Crippen LogP contribution in [0.3, 0.4) is 0 Å². The van der Waals surface area contributed by atoms with Crippen molar-refractivity contribution in [2.24, 2.45) is 5.92 Å². The van der Waals surface area contributed by atoms with E-state index in [1.807, 2.05) is 6.07 Å². The number of nitrogens with two attached hydrogens (primary N) is 1. The Kier molecular flexibility index (Phi) is 3.95. The van der Waals surface area contributed by atoms with Crippen LogP contribution < -0.4 is 10.6 Å². The molecule has 1 fully saturated rings. The van der Waals surface area contributed by atoms with Crippen molar-refractivity contribution in [2.75, 3.05) is 30.8 Å². The molecule has 0 amide bonds. The minimum atomic E-state index is -0.993.